The van der Waals surface area contributed by atoms with Crippen molar-refractivity contribution in [2.45, 2.75) is 6.42 Å². The Labute approximate surface area is 111 Å². The van der Waals surface area contributed by atoms with Gasteiger partial charge in [0.25, 0.3) is 0 Å². The summed E-state index contributed by atoms with van der Waals surface area (Å²) in [5, 5.41) is 18.3. The molecular formula is C16H13NO2. The first-order valence-electron chi connectivity index (χ1n) is 6.00. The predicted octanol–water partition coefficient (Wildman–Crippen LogP) is 3.18. The van der Waals surface area contributed by atoms with Gasteiger partial charge in [0.15, 0.2) is 0 Å². The van der Waals surface area contributed by atoms with Gasteiger partial charge >= 0.3 is 5.97 Å². The van der Waals surface area contributed by atoms with Crippen LogP contribution < -0.4 is 0 Å². The van der Waals surface area contributed by atoms with Crippen molar-refractivity contribution in [3.8, 4) is 6.07 Å². The standard InChI is InChI=1S/C16H13NO2/c17-11-14(16(18)19)15(12-7-3-1-4-8-12)13-9-5-2-6-10-13/h1-9,13H,10H2,(H,18,19). The van der Waals surface area contributed by atoms with Gasteiger partial charge in [0.1, 0.15) is 11.6 Å². The first-order valence-corrected chi connectivity index (χ1v) is 6.00. The van der Waals surface area contributed by atoms with Gasteiger partial charge in [-0.25, -0.2) is 4.79 Å². The van der Waals surface area contributed by atoms with Crippen molar-refractivity contribution in [1.29, 1.82) is 5.26 Å². The molecule has 1 atom stereocenters. The number of hydrogen-bond donors (Lipinski definition) is 1. The van der Waals surface area contributed by atoms with Crippen LogP contribution in [0.3, 0.4) is 0 Å². The summed E-state index contributed by atoms with van der Waals surface area (Å²) < 4.78 is 0. The Morgan fingerprint density at radius 2 is 2.00 bits per heavy atom. The number of rotatable bonds is 3. The second-order valence-electron chi connectivity index (χ2n) is 4.23. The average Bonchev–Trinajstić information content (AvgIpc) is 2.46. The van der Waals surface area contributed by atoms with Gasteiger partial charge in [0.2, 0.25) is 0 Å². The molecule has 0 saturated carbocycles. The fraction of sp³-hybridized carbons (Fsp3) is 0.125. The third-order valence-corrected chi connectivity index (χ3v) is 3.03. The highest BCUT2D eigenvalue weighted by Crippen LogP contribution is 2.32. The molecule has 2 rings (SSSR count). The third-order valence-electron chi connectivity index (χ3n) is 3.03. The second-order valence-corrected chi connectivity index (χ2v) is 4.23. The molecule has 1 N–H and O–H groups in total. The Kier molecular flexibility index (Phi) is 3.94. The van der Waals surface area contributed by atoms with Crippen LogP contribution in [0.15, 0.2) is 60.2 Å². The zero-order chi connectivity index (χ0) is 13.7. The van der Waals surface area contributed by atoms with Crippen LogP contribution in [0.2, 0.25) is 0 Å². The Balaban J connectivity index is 2.58. The van der Waals surface area contributed by atoms with Crippen LogP contribution in [-0.2, 0) is 4.79 Å². The van der Waals surface area contributed by atoms with Crippen molar-refractivity contribution in [1.82, 2.24) is 0 Å². The summed E-state index contributed by atoms with van der Waals surface area (Å²) in [6.07, 6.45) is 8.42. The lowest BCUT2D eigenvalue weighted by Gasteiger charge is -2.18. The first kappa shape index (κ1) is 12.8. The minimum absolute atomic E-state index is 0.0712. The molecule has 1 aliphatic rings. The van der Waals surface area contributed by atoms with Crippen molar-refractivity contribution < 1.29 is 9.90 Å². The highest BCUT2D eigenvalue weighted by atomic mass is 16.4. The molecule has 0 radical (unpaired) electrons. The van der Waals surface area contributed by atoms with Crippen molar-refractivity contribution in [2.75, 3.05) is 0 Å². The first-order chi connectivity index (χ1) is 9.24. The van der Waals surface area contributed by atoms with E-state index >= 15 is 0 Å². The van der Waals surface area contributed by atoms with E-state index in [2.05, 4.69) is 0 Å². The molecule has 94 valence electrons. The average molecular weight is 251 g/mol. The molecule has 3 heteroatoms. The molecule has 0 spiro atoms. The topological polar surface area (TPSA) is 61.1 Å². The fourth-order valence-electron chi connectivity index (χ4n) is 2.18. The van der Waals surface area contributed by atoms with E-state index in [-0.39, 0.29) is 11.5 Å². The summed E-state index contributed by atoms with van der Waals surface area (Å²) >= 11 is 0. The quantitative estimate of drug-likeness (QED) is 0.663. The third kappa shape index (κ3) is 2.80. The SMILES string of the molecule is N#CC(C(=O)O)=C(c1ccccc1)C1C=CC=CC1. The number of nitrogens with zero attached hydrogens (tertiary/aromatic N) is 1. The van der Waals surface area contributed by atoms with Crippen LogP contribution in [0.25, 0.3) is 5.57 Å². The Morgan fingerprint density at radius 3 is 2.53 bits per heavy atom. The van der Waals surface area contributed by atoms with E-state index in [0.717, 1.165) is 5.56 Å². The van der Waals surface area contributed by atoms with Gasteiger partial charge in [-0.1, -0.05) is 54.6 Å². The molecule has 19 heavy (non-hydrogen) atoms. The van der Waals surface area contributed by atoms with E-state index in [9.17, 15) is 9.90 Å². The van der Waals surface area contributed by atoms with Gasteiger partial charge in [-0.15, -0.1) is 0 Å². The molecule has 1 aliphatic carbocycles. The van der Waals surface area contributed by atoms with Crippen LogP contribution in [0.1, 0.15) is 12.0 Å². The van der Waals surface area contributed by atoms with Crippen LogP contribution in [-0.4, -0.2) is 11.1 Å². The number of nitriles is 1. The van der Waals surface area contributed by atoms with Gasteiger partial charge in [-0.2, -0.15) is 5.26 Å². The molecule has 0 saturated heterocycles. The molecule has 0 aromatic heterocycles. The van der Waals surface area contributed by atoms with Crippen LogP contribution in [0, 0.1) is 17.2 Å². The maximum Gasteiger partial charge on any atom is 0.346 e. The van der Waals surface area contributed by atoms with Gasteiger partial charge < -0.3 is 5.11 Å². The Morgan fingerprint density at radius 1 is 1.26 bits per heavy atom. The van der Waals surface area contributed by atoms with Gasteiger partial charge in [0, 0.05) is 5.92 Å². The molecule has 0 amide bonds. The van der Waals surface area contributed by atoms with Crippen LogP contribution in [0.4, 0.5) is 0 Å². The lowest BCUT2D eigenvalue weighted by Crippen LogP contribution is -2.10. The molecule has 1 unspecified atom stereocenters. The molecule has 0 heterocycles. The fourth-order valence-corrected chi connectivity index (χ4v) is 2.18. The number of aliphatic carboxylic acids is 1. The zero-order valence-electron chi connectivity index (χ0n) is 10.3. The van der Waals surface area contributed by atoms with E-state index in [1.54, 1.807) is 0 Å². The molecule has 0 aliphatic heterocycles. The van der Waals surface area contributed by atoms with Crippen LogP contribution in [0.5, 0.6) is 0 Å². The lowest BCUT2D eigenvalue weighted by atomic mass is 9.84. The lowest BCUT2D eigenvalue weighted by molar-refractivity contribution is -0.132. The molecule has 1 aromatic rings. The monoisotopic (exact) mass is 251 g/mol. The minimum atomic E-state index is -1.18. The second kappa shape index (κ2) is 5.83. The zero-order valence-corrected chi connectivity index (χ0v) is 10.3. The van der Waals surface area contributed by atoms with Crippen LogP contribution >= 0.6 is 0 Å². The van der Waals surface area contributed by atoms with E-state index in [4.69, 9.17) is 5.26 Å². The number of allylic oxidation sites excluding steroid dienone is 5. The molecule has 1 aromatic carbocycles. The molecule has 0 fully saturated rings. The smallest absolute Gasteiger partial charge is 0.346 e. The molecular weight excluding hydrogens is 238 g/mol. The highest BCUT2D eigenvalue weighted by molar-refractivity contribution is 6.01. The summed E-state index contributed by atoms with van der Waals surface area (Å²) in [6.45, 7) is 0. The maximum absolute atomic E-state index is 11.3. The predicted molar refractivity (Wildman–Crippen MR) is 73.0 cm³/mol. The maximum atomic E-state index is 11.3. The number of carboxylic acids is 1. The van der Waals surface area contributed by atoms with E-state index < -0.39 is 5.97 Å². The van der Waals surface area contributed by atoms with E-state index in [1.165, 1.54) is 0 Å². The van der Waals surface area contributed by atoms with Gasteiger partial charge in [0.05, 0.1) is 0 Å². The van der Waals surface area contributed by atoms with E-state index in [0.29, 0.717) is 12.0 Å². The molecule has 0 bridgehead atoms. The van der Waals surface area contributed by atoms with E-state index in [1.807, 2.05) is 60.7 Å². The molecule has 3 nitrogen and oxygen atoms in total. The summed E-state index contributed by atoms with van der Waals surface area (Å²) in [4.78, 5) is 11.3. The highest BCUT2D eigenvalue weighted by Gasteiger charge is 2.22. The number of hydrogen-bond acceptors (Lipinski definition) is 2. The summed E-state index contributed by atoms with van der Waals surface area (Å²) in [6, 6.07) is 11.0. The van der Waals surface area contributed by atoms with Crippen molar-refractivity contribution in [3.05, 3.63) is 65.8 Å². The number of benzene rings is 1. The van der Waals surface area contributed by atoms with Crippen molar-refractivity contribution in [3.63, 3.8) is 0 Å². The number of carbonyl (C=O) groups is 1. The van der Waals surface area contributed by atoms with Crippen molar-refractivity contribution in [2.24, 2.45) is 5.92 Å². The van der Waals surface area contributed by atoms with Gasteiger partial charge in [-0.3, -0.25) is 0 Å². The largest absolute Gasteiger partial charge is 0.477 e. The van der Waals surface area contributed by atoms with Gasteiger partial charge in [-0.05, 0) is 17.6 Å². The van der Waals surface area contributed by atoms with Crippen molar-refractivity contribution >= 4 is 11.5 Å². The Hall–Kier alpha value is -2.60. The summed E-state index contributed by atoms with van der Waals surface area (Å²) in [5.74, 6) is -1.25. The summed E-state index contributed by atoms with van der Waals surface area (Å²) in [7, 11) is 0. The normalized spacial score (nSPS) is 18.6. The minimum Gasteiger partial charge on any atom is -0.477 e. The number of carboxylic acid groups (broad SMARTS) is 1. The summed E-state index contributed by atoms with van der Waals surface area (Å²) in [5.41, 5.74) is 1.18. The Bertz CT molecular complexity index is 603.